The summed E-state index contributed by atoms with van der Waals surface area (Å²) in [6, 6.07) is 3.70. The van der Waals surface area contributed by atoms with Gasteiger partial charge in [-0.25, -0.2) is 15.0 Å². The largest absolute Gasteiger partial charge is 0.474 e. The zero-order chi connectivity index (χ0) is 20.8. The minimum absolute atomic E-state index is 0.0306. The summed E-state index contributed by atoms with van der Waals surface area (Å²) in [5.74, 6) is 1.17. The molecular formula is C21H22N6O3. The average Bonchev–Trinajstić information content (AvgIpc) is 3.54. The van der Waals surface area contributed by atoms with Crippen molar-refractivity contribution in [3.63, 3.8) is 0 Å². The van der Waals surface area contributed by atoms with Crippen molar-refractivity contribution in [1.29, 1.82) is 0 Å². The van der Waals surface area contributed by atoms with E-state index in [0.29, 0.717) is 41.6 Å². The zero-order valence-electron chi connectivity index (χ0n) is 16.5. The summed E-state index contributed by atoms with van der Waals surface area (Å²) in [5.41, 5.74) is 9.59. The van der Waals surface area contributed by atoms with Gasteiger partial charge in [0.1, 0.15) is 23.9 Å². The molecule has 3 aromatic heterocycles. The number of amides is 1. The Balaban J connectivity index is 1.50. The first-order valence-corrected chi connectivity index (χ1v) is 9.90. The monoisotopic (exact) mass is 406 g/mol. The fourth-order valence-corrected chi connectivity index (χ4v) is 3.85. The van der Waals surface area contributed by atoms with E-state index in [1.165, 1.54) is 0 Å². The van der Waals surface area contributed by atoms with Crippen LogP contribution >= 0.6 is 0 Å². The van der Waals surface area contributed by atoms with Gasteiger partial charge in [0.15, 0.2) is 0 Å². The fraction of sp³-hybridized carbons (Fsp3) is 0.333. The molecule has 30 heavy (non-hydrogen) atoms. The van der Waals surface area contributed by atoms with Gasteiger partial charge in [-0.1, -0.05) is 0 Å². The van der Waals surface area contributed by atoms with Crippen LogP contribution in [0.15, 0.2) is 24.5 Å². The fourth-order valence-electron chi connectivity index (χ4n) is 3.85. The third-order valence-corrected chi connectivity index (χ3v) is 5.71. The van der Waals surface area contributed by atoms with Crippen LogP contribution in [0.25, 0.3) is 22.0 Å². The van der Waals surface area contributed by atoms with Crippen LogP contribution in [-0.2, 0) is 4.79 Å². The van der Waals surface area contributed by atoms with Crippen LogP contribution < -0.4 is 21.1 Å². The molecule has 4 heterocycles. The number of aromatic nitrogens is 3. The van der Waals surface area contributed by atoms with Gasteiger partial charge in [-0.05, 0) is 42.3 Å². The molecule has 9 heteroatoms. The van der Waals surface area contributed by atoms with E-state index in [0.717, 1.165) is 28.7 Å². The molecule has 0 spiro atoms. The number of hydrogen-bond donors (Lipinski definition) is 4. The maximum absolute atomic E-state index is 12.3. The van der Waals surface area contributed by atoms with Crippen molar-refractivity contribution in [3.8, 4) is 17.1 Å². The average molecular weight is 406 g/mol. The minimum atomic E-state index is -0.149. The summed E-state index contributed by atoms with van der Waals surface area (Å²) in [4.78, 5) is 25.5. The molecule has 9 nitrogen and oxygen atoms in total. The third kappa shape index (κ3) is 3.17. The Bertz CT molecular complexity index is 1170. The summed E-state index contributed by atoms with van der Waals surface area (Å²) in [7, 11) is 0. The molecule has 154 valence electrons. The first kappa shape index (κ1) is 18.6. The first-order chi connectivity index (χ1) is 14.5. The van der Waals surface area contributed by atoms with E-state index in [9.17, 15) is 4.79 Å². The predicted octanol–water partition coefficient (Wildman–Crippen LogP) is 1.95. The van der Waals surface area contributed by atoms with Crippen LogP contribution in [0, 0.1) is 18.8 Å². The number of nitrogens with two attached hydrogens (primary N) is 1. The summed E-state index contributed by atoms with van der Waals surface area (Å²) in [6.45, 7) is 3.33. The van der Waals surface area contributed by atoms with E-state index in [4.69, 9.17) is 15.6 Å². The molecule has 1 aliphatic heterocycles. The number of nitrogen functional groups attached to an aromatic ring is 1. The Hall–Kier alpha value is -3.46. The lowest BCUT2D eigenvalue weighted by molar-refractivity contribution is -0.117. The van der Waals surface area contributed by atoms with E-state index in [2.05, 4.69) is 25.6 Å². The number of nitrogens with zero attached hydrogens (tertiary/aromatic N) is 3. The zero-order valence-corrected chi connectivity index (χ0v) is 16.5. The molecule has 1 saturated carbocycles. The Kier molecular flexibility index (Phi) is 4.39. The van der Waals surface area contributed by atoms with Gasteiger partial charge >= 0.3 is 0 Å². The van der Waals surface area contributed by atoms with E-state index < -0.39 is 0 Å². The molecule has 3 aromatic rings. The Morgan fingerprint density at radius 3 is 3.03 bits per heavy atom. The van der Waals surface area contributed by atoms with Gasteiger partial charge in [0.25, 0.3) is 0 Å². The van der Waals surface area contributed by atoms with E-state index in [1.807, 2.05) is 13.0 Å². The Morgan fingerprint density at radius 2 is 2.23 bits per heavy atom. The van der Waals surface area contributed by atoms with Gasteiger partial charge < -0.3 is 26.2 Å². The van der Waals surface area contributed by atoms with Crippen molar-refractivity contribution in [3.05, 3.63) is 30.1 Å². The molecule has 0 saturated heterocycles. The Labute approximate surface area is 172 Å². The maximum atomic E-state index is 12.3. The third-order valence-electron chi connectivity index (χ3n) is 5.71. The highest BCUT2D eigenvalue weighted by Crippen LogP contribution is 2.39. The number of hydrogen-bond acceptors (Lipinski definition) is 8. The van der Waals surface area contributed by atoms with Gasteiger partial charge in [0.2, 0.25) is 11.8 Å². The second kappa shape index (κ2) is 7.10. The van der Waals surface area contributed by atoms with Gasteiger partial charge in [0, 0.05) is 42.4 Å². The maximum Gasteiger partial charge on any atom is 0.237 e. The first-order valence-electron chi connectivity index (χ1n) is 9.90. The number of fused-ring (bicyclic) bond motifs is 2. The molecule has 1 aliphatic carbocycles. The molecule has 2 aliphatic rings. The van der Waals surface area contributed by atoms with Crippen LogP contribution in [0.3, 0.4) is 0 Å². The van der Waals surface area contributed by atoms with Crippen molar-refractivity contribution in [1.82, 2.24) is 15.0 Å². The highest BCUT2D eigenvalue weighted by Gasteiger charge is 2.42. The number of carbonyl (C=O) groups is 1. The quantitative estimate of drug-likeness (QED) is 0.516. The second-order valence-corrected chi connectivity index (χ2v) is 7.71. The number of aliphatic hydroxyl groups excluding tert-OH is 1. The number of aliphatic hydroxyl groups is 1. The van der Waals surface area contributed by atoms with Gasteiger partial charge in [0.05, 0.1) is 5.69 Å². The van der Waals surface area contributed by atoms with Crippen LogP contribution in [0.2, 0.25) is 0 Å². The predicted molar refractivity (Wildman–Crippen MR) is 113 cm³/mol. The summed E-state index contributed by atoms with van der Waals surface area (Å²) in [6.07, 6.45) is 4.06. The number of carbonyl (C=O) groups excluding carboxylic acids is 1. The van der Waals surface area contributed by atoms with Crippen LogP contribution in [0.1, 0.15) is 12.0 Å². The molecule has 5 N–H and O–H groups in total. The summed E-state index contributed by atoms with van der Waals surface area (Å²) in [5, 5.41) is 16.8. The molecule has 1 amide bonds. The van der Waals surface area contributed by atoms with Crippen molar-refractivity contribution >= 4 is 34.0 Å². The standard InChI is InChI=1S/C21H22N6O3/c1-10-14(7-25-21-18(10)23-2-3-30-21)16-5-11-6-17(24-8-15(11)19(22)26-16)27-20(29)13-4-12(13)9-28/h5-8,12-13,23,28H,2-4,9H2,1H3,(H2,22,26)(H,24,27,29)/t12-,13-/m1/s1. The second-order valence-electron chi connectivity index (χ2n) is 7.71. The molecule has 0 aromatic carbocycles. The number of ether oxygens (including phenoxy) is 1. The highest BCUT2D eigenvalue weighted by molar-refractivity contribution is 5.98. The lowest BCUT2D eigenvalue weighted by atomic mass is 10.0. The smallest absolute Gasteiger partial charge is 0.237 e. The van der Waals surface area contributed by atoms with Crippen molar-refractivity contribution in [2.45, 2.75) is 13.3 Å². The van der Waals surface area contributed by atoms with Gasteiger partial charge in [-0.3, -0.25) is 4.79 Å². The summed E-state index contributed by atoms with van der Waals surface area (Å²) < 4.78 is 5.60. The molecule has 0 bridgehead atoms. The number of pyridine rings is 3. The van der Waals surface area contributed by atoms with Crippen LogP contribution in [0.4, 0.5) is 17.3 Å². The van der Waals surface area contributed by atoms with Gasteiger partial charge in [-0.15, -0.1) is 0 Å². The normalized spacial score (nSPS) is 19.5. The molecule has 0 radical (unpaired) electrons. The van der Waals surface area contributed by atoms with E-state index in [-0.39, 0.29) is 24.3 Å². The highest BCUT2D eigenvalue weighted by atomic mass is 16.5. The molecule has 1 fully saturated rings. The van der Waals surface area contributed by atoms with E-state index in [1.54, 1.807) is 18.5 Å². The molecule has 5 rings (SSSR count). The van der Waals surface area contributed by atoms with Gasteiger partial charge in [-0.2, -0.15) is 0 Å². The van der Waals surface area contributed by atoms with Crippen molar-refractivity contribution in [2.24, 2.45) is 11.8 Å². The SMILES string of the molecule is Cc1c(-c2cc3cc(NC(=O)[C@@H]4C[C@@H]4CO)ncc3c(N)n2)cnc2c1NCCO2. The molecular weight excluding hydrogens is 384 g/mol. The lowest BCUT2D eigenvalue weighted by Gasteiger charge is -2.21. The Morgan fingerprint density at radius 1 is 1.37 bits per heavy atom. The lowest BCUT2D eigenvalue weighted by Crippen LogP contribution is -2.20. The molecule has 2 atom stereocenters. The topological polar surface area (TPSA) is 135 Å². The van der Waals surface area contributed by atoms with Crippen LogP contribution in [0.5, 0.6) is 5.88 Å². The minimum Gasteiger partial charge on any atom is -0.474 e. The molecule has 0 unspecified atom stereocenters. The van der Waals surface area contributed by atoms with Crippen molar-refractivity contribution < 1.29 is 14.6 Å². The van der Waals surface area contributed by atoms with Crippen molar-refractivity contribution in [2.75, 3.05) is 36.1 Å². The number of anilines is 3. The summed E-state index contributed by atoms with van der Waals surface area (Å²) >= 11 is 0. The number of rotatable bonds is 4. The van der Waals surface area contributed by atoms with Crippen LogP contribution in [-0.4, -0.2) is 45.7 Å². The van der Waals surface area contributed by atoms with E-state index >= 15 is 0 Å². The number of nitrogens with one attached hydrogen (secondary N) is 2.